The minimum Gasteiger partial charge on any atom is -0.469 e. The summed E-state index contributed by atoms with van der Waals surface area (Å²) in [6.45, 7) is 9.85. The predicted octanol–water partition coefficient (Wildman–Crippen LogP) is 5.57. The summed E-state index contributed by atoms with van der Waals surface area (Å²) in [4.78, 5) is 32.9. The molecule has 0 spiro atoms. The van der Waals surface area contributed by atoms with E-state index < -0.39 is 52.9 Å². The molecule has 286 valence electrons. The Kier molecular flexibility index (Phi) is 12.9. The van der Waals surface area contributed by atoms with E-state index in [1.807, 2.05) is 73.7 Å². The van der Waals surface area contributed by atoms with Gasteiger partial charge < -0.3 is 18.6 Å². The summed E-state index contributed by atoms with van der Waals surface area (Å²) in [5.74, 6) is -2.05. The number of rotatable bonds is 16. The topological polar surface area (TPSA) is 130 Å². The third-order valence-electron chi connectivity index (χ3n) is 9.90. The van der Waals surface area contributed by atoms with Crippen LogP contribution < -0.4 is 15.1 Å². The average molecular weight is 771 g/mol. The zero-order valence-electron chi connectivity index (χ0n) is 31.8. The number of carbonyl (C=O) groups excluding carboxylic acids is 2. The number of nitrogens with one attached hydrogen (secondary N) is 1. The lowest BCUT2D eigenvalue weighted by Crippen LogP contribution is -2.68. The molecule has 54 heavy (non-hydrogen) atoms. The van der Waals surface area contributed by atoms with Gasteiger partial charge in [0.25, 0.3) is 8.32 Å². The summed E-state index contributed by atoms with van der Waals surface area (Å²) in [7, 11) is -5.82. The molecule has 5 rings (SSSR count). The lowest BCUT2D eigenvalue weighted by atomic mass is 9.76. The number of aliphatic imine (C=N–C) groups is 1. The van der Waals surface area contributed by atoms with E-state index in [1.54, 1.807) is 19.1 Å². The Morgan fingerprint density at radius 2 is 1.44 bits per heavy atom. The fourth-order valence-corrected chi connectivity index (χ4v) is 12.8. The second-order valence-corrected chi connectivity index (χ2v) is 20.5. The van der Waals surface area contributed by atoms with E-state index in [0.717, 1.165) is 15.9 Å². The summed E-state index contributed by atoms with van der Waals surface area (Å²) >= 11 is 0. The van der Waals surface area contributed by atoms with E-state index in [1.165, 1.54) is 19.2 Å². The maximum atomic E-state index is 14.6. The molecule has 0 aromatic heterocycles. The summed E-state index contributed by atoms with van der Waals surface area (Å²) in [6, 6.07) is 35.9. The quantitative estimate of drug-likeness (QED) is 0.116. The highest BCUT2D eigenvalue weighted by atomic mass is 32.2. The molecule has 1 heterocycles. The van der Waals surface area contributed by atoms with Crippen molar-refractivity contribution in [3.63, 3.8) is 0 Å². The lowest BCUT2D eigenvalue weighted by molar-refractivity contribution is -0.158. The summed E-state index contributed by atoms with van der Waals surface area (Å²) in [5, 5.41) is 1.66. The Morgan fingerprint density at radius 1 is 0.889 bits per heavy atom. The van der Waals surface area contributed by atoms with Gasteiger partial charge in [0, 0.05) is 18.0 Å². The van der Waals surface area contributed by atoms with E-state index in [-0.39, 0.29) is 43.4 Å². The van der Waals surface area contributed by atoms with Crippen molar-refractivity contribution in [2.24, 2.45) is 10.9 Å². The van der Waals surface area contributed by atoms with E-state index in [9.17, 15) is 18.0 Å². The largest absolute Gasteiger partial charge is 0.469 e. The molecule has 0 aliphatic carbocycles. The van der Waals surface area contributed by atoms with Gasteiger partial charge in [0.2, 0.25) is 21.5 Å². The van der Waals surface area contributed by atoms with Crippen LogP contribution in [-0.2, 0) is 38.2 Å². The van der Waals surface area contributed by atoms with E-state index in [0.29, 0.717) is 5.56 Å². The number of nitrogens with zero attached hydrogens (tertiary/aromatic N) is 1. The summed E-state index contributed by atoms with van der Waals surface area (Å²) in [5.41, 5.74) is -0.282. The van der Waals surface area contributed by atoms with Crippen molar-refractivity contribution in [2.75, 3.05) is 26.9 Å². The zero-order chi connectivity index (χ0) is 39.0. The third-order valence-corrected chi connectivity index (χ3v) is 16.4. The fourth-order valence-electron chi connectivity index (χ4n) is 7.20. The normalized spacial score (nSPS) is 18.0. The smallest absolute Gasteiger partial charge is 0.338 e. The number of sulfonamides is 1. The van der Waals surface area contributed by atoms with Crippen molar-refractivity contribution in [2.45, 2.75) is 69.0 Å². The molecule has 0 bridgehead atoms. The Hall–Kier alpha value is -4.62. The fraction of sp³-hybridized carbons (Fsp3) is 0.357. The Labute approximate surface area is 320 Å². The van der Waals surface area contributed by atoms with Crippen LogP contribution in [-0.4, -0.2) is 73.1 Å². The third kappa shape index (κ3) is 8.52. The van der Waals surface area contributed by atoms with Gasteiger partial charge in [-0.25, -0.2) is 22.9 Å². The van der Waals surface area contributed by atoms with E-state index in [4.69, 9.17) is 23.6 Å². The molecule has 0 unspecified atom stereocenters. The Bertz CT molecular complexity index is 1960. The number of carbonyl (C=O) groups is 2. The van der Waals surface area contributed by atoms with Gasteiger partial charge in [-0.15, -0.1) is 0 Å². The zero-order valence-corrected chi connectivity index (χ0v) is 33.6. The van der Waals surface area contributed by atoms with Crippen molar-refractivity contribution in [3.05, 3.63) is 126 Å². The van der Waals surface area contributed by atoms with Crippen molar-refractivity contribution >= 4 is 46.6 Å². The second-order valence-electron chi connectivity index (χ2n) is 14.4. The van der Waals surface area contributed by atoms with Gasteiger partial charge in [-0.1, -0.05) is 117 Å². The minimum absolute atomic E-state index is 0.0175. The maximum absolute atomic E-state index is 14.6. The highest BCUT2D eigenvalue weighted by Crippen LogP contribution is 2.43. The molecule has 12 heteroatoms. The monoisotopic (exact) mass is 770 g/mol. The lowest BCUT2D eigenvalue weighted by Gasteiger charge is -2.44. The minimum atomic E-state index is -3.92. The number of esters is 2. The molecule has 4 aromatic carbocycles. The first-order valence-corrected chi connectivity index (χ1v) is 21.5. The van der Waals surface area contributed by atoms with Crippen LogP contribution in [0.25, 0.3) is 0 Å². The molecule has 1 N–H and O–H groups in total. The molecule has 1 aliphatic heterocycles. The predicted molar refractivity (Wildman–Crippen MR) is 212 cm³/mol. The first-order valence-electron chi connectivity index (χ1n) is 18.2. The van der Waals surface area contributed by atoms with Crippen LogP contribution in [0.15, 0.2) is 125 Å². The molecule has 0 saturated carbocycles. The number of benzene rings is 4. The van der Waals surface area contributed by atoms with Gasteiger partial charge in [-0.05, 0) is 59.9 Å². The van der Waals surface area contributed by atoms with Crippen molar-refractivity contribution in [1.82, 2.24) is 4.72 Å². The molecule has 0 saturated heterocycles. The highest BCUT2D eigenvalue weighted by molar-refractivity contribution is 7.89. The molecule has 0 fully saturated rings. The van der Waals surface area contributed by atoms with Crippen molar-refractivity contribution < 1.29 is 36.6 Å². The van der Waals surface area contributed by atoms with Crippen LogP contribution in [0.1, 0.15) is 51.7 Å². The molecule has 0 amide bonds. The number of ether oxygens (including phenoxy) is 3. The number of hydrogen-bond acceptors (Lipinski definition) is 9. The van der Waals surface area contributed by atoms with Crippen LogP contribution in [0.4, 0.5) is 0 Å². The SMILES string of the molecule is CCOC(=O)[C@@]1([C@@H](CCNS(=O)(=O)c2ccc(C)cc2)CC(=O)OC)N=C(c2ccccc2)O[C@H]1CO[Si](c1ccccc1)(c1ccccc1)C(C)(C)C. The maximum Gasteiger partial charge on any atom is 0.338 e. The first-order chi connectivity index (χ1) is 25.8. The standard InChI is InChI=1S/C42H50N2O8SSi/c1-7-50-40(46)42(33(29-38(45)49-6)27-28-43-53(47,48)34-25-23-31(2)24-26-34)37(52-39(44-42)32-17-11-8-12-18-32)30-51-54(41(3,4)5,35-19-13-9-14-20-35)36-21-15-10-16-22-36/h8-26,33,37,43H,7,27-30H2,1-6H3/t33-,37-,42-/m0/s1. The molecule has 4 aromatic rings. The molecule has 10 nitrogen and oxygen atoms in total. The number of aryl methyl sites for hydroxylation is 1. The molecule has 1 aliphatic rings. The number of methoxy groups -OCH3 is 1. The van der Waals surface area contributed by atoms with Gasteiger partial charge >= 0.3 is 11.9 Å². The van der Waals surface area contributed by atoms with Gasteiger partial charge in [0.05, 0.1) is 31.6 Å². The van der Waals surface area contributed by atoms with E-state index >= 15 is 0 Å². The molecule has 3 atom stereocenters. The van der Waals surface area contributed by atoms with Crippen molar-refractivity contribution in [1.29, 1.82) is 0 Å². The molecule has 0 radical (unpaired) electrons. The van der Waals surface area contributed by atoms with Gasteiger partial charge in [0.15, 0.2) is 6.10 Å². The number of hydrogen-bond donors (Lipinski definition) is 1. The summed E-state index contributed by atoms with van der Waals surface area (Å²) < 4.78 is 54.3. The van der Waals surface area contributed by atoms with Crippen LogP contribution >= 0.6 is 0 Å². The first kappa shape index (κ1) is 40.6. The Morgan fingerprint density at radius 3 is 1.96 bits per heavy atom. The van der Waals surface area contributed by atoms with Gasteiger partial charge in [-0.3, -0.25) is 4.79 Å². The Balaban J connectivity index is 1.63. The van der Waals surface area contributed by atoms with Gasteiger partial charge in [-0.2, -0.15) is 0 Å². The molecular weight excluding hydrogens is 721 g/mol. The van der Waals surface area contributed by atoms with Crippen LogP contribution in [0, 0.1) is 12.8 Å². The average Bonchev–Trinajstić information content (AvgIpc) is 3.56. The second kappa shape index (κ2) is 17.2. The molecular formula is C42H50N2O8SSi. The van der Waals surface area contributed by atoms with E-state index in [2.05, 4.69) is 49.8 Å². The van der Waals surface area contributed by atoms with Crippen LogP contribution in [0.3, 0.4) is 0 Å². The van der Waals surface area contributed by atoms with Crippen LogP contribution in [0.2, 0.25) is 5.04 Å². The summed E-state index contributed by atoms with van der Waals surface area (Å²) in [6.07, 6.45) is -1.33. The van der Waals surface area contributed by atoms with Crippen molar-refractivity contribution in [3.8, 4) is 0 Å². The van der Waals surface area contributed by atoms with Crippen LogP contribution in [0.5, 0.6) is 0 Å². The highest BCUT2D eigenvalue weighted by Gasteiger charge is 2.60. The van der Waals surface area contributed by atoms with Gasteiger partial charge in [0.1, 0.15) is 0 Å².